The molecule has 0 aliphatic heterocycles. The van der Waals surface area contributed by atoms with Gasteiger partial charge in [0.1, 0.15) is 5.75 Å². The molecule has 0 saturated heterocycles. The molecule has 0 radical (unpaired) electrons. The smallest absolute Gasteiger partial charge is 0.341 e. The molecule has 0 bridgehead atoms. The summed E-state index contributed by atoms with van der Waals surface area (Å²) >= 11 is 0. The van der Waals surface area contributed by atoms with Gasteiger partial charge in [-0.1, -0.05) is 6.07 Å². The summed E-state index contributed by atoms with van der Waals surface area (Å²) in [5, 5.41) is 13.5. The lowest BCUT2D eigenvalue weighted by Crippen LogP contribution is -2.30. The second-order valence-corrected chi connectivity index (χ2v) is 3.92. The fraction of sp³-hybridized carbons (Fsp3) is 0.308. The van der Waals surface area contributed by atoms with Crippen LogP contribution < -0.4 is 15.4 Å². The van der Waals surface area contributed by atoms with Crippen molar-refractivity contribution < 1.29 is 29.0 Å². The van der Waals surface area contributed by atoms with Crippen molar-refractivity contribution in [3.05, 3.63) is 24.3 Å². The third-order valence-corrected chi connectivity index (χ3v) is 2.30. The second kappa shape index (κ2) is 8.41. The van der Waals surface area contributed by atoms with Crippen molar-refractivity contribution in [3.8, 4) is 5.75 Å². The minimum absolute atomic E-state index is 0.0751. The number of aliphatic carboxylic acids is 1. The van der Waals surface area contributed by atoms with Crippen molar-refractivity contribution in [2.45, 2.75) is 6.42 Å². The summed E-state index contributed by atoms with van der Waals surface area (Å²) in [6.45, 7) is -0.317. The Kier molecular flexibility index (Phi) is 6.52. The molecule has 1 aromatic rings. The topological polar surface area (TPSA) is 114 Å². The van der Waals surface area contributed by atoms with Crippen LogP contribution in [0.4, 0.5) is 10.5 Å². The normalized spacial score (nSPS) is 9.57. The molecule has 0 saturated carbocycles. The van der Waals surface area contributed by atoms with E-state index in [1.807, 2.05) is 0 Å². The van der Waals surface area contributed by atoms with E-state index in [0.717, 1.165) is 0 Å². The summed E-state index contributed by atoms with van der Waals surface area (Å²) < 4.78 is 9.42. The molecule has 1 aromatic carbocycles. The Labute approximate surface area is 121 Å². The first-order chi connectivity index (χ1) is 10.0. The average molecular weight is 296 g/mol. The number of methoxy groups -OCH3 is 1. The molecule has 0 aliphatic carbocycles. The molecule has 8 nitrogen and oxygen atoms in total. The van der Waals surface area contributed by atoms with E-state index in [0.29, 0.717) is 11.4 Å². The first kappa shape index (κ1) is 16.3. The van der Waals surface area contributed by atoms with E-state index in [9.17, 15) is 14.4 Å². The van der Waals surface area contributed by atoms with Gasteiger partial charge in [-0.15, -0.1) is 0 Å². The number of carboxylic acid groups (broad SMARTS) is 1. The second-order valence-electron chi connectivity index (χ2n) is 3.92. The van der Waals surface area contributed by atoms with Crippen LogP contribution in [0.25, 0.3) is 0 Å². The molecule has 0 spiro atoms. The number of amides is 2. The number of esters is 1. The van der Waals surface area contributed by atoms with Crippen LogP contribution in [0.15, 0.2) is 24.3 Å². The number of benzene rings is 1. The first-order valence-electron chi connectivity index (χ1n) is 6.07. The fourth-order valence-corrected chi connectivity index (χ4v) is 1.36. The number of carbonyl (C=O) groups excluding carboxylic acids is 2. The van der Waals surface area contributed by atoms with Gasteiger partial charge < -0.3 is 25.2 Å². The largest absolute Gasteiger partial charge is 0.482 e. The van der Waals surface area contributed by atoms with Gasteiger partial charge in [0, 0.05) is 18.3 Å². The van der Waals surface area contributed by atoms with E-state index in [4.69, 9.17) is 9.84 Å². The quantitative estimate of drug-likeness (QED) is 0.642. The number of ether oxygens (including phenoxy) is 2. The van der Waals surface area contributed by atoms with E-state index in [2.05, 4.69) is 15.4 Å². The van der Waals surface area contributed by atoms with Crippen molar-refractivity contribution in [2.24, 2.45) is 0 Å². The van der Waals surface area contributed by atoms with E-state index in [1.54, 1.807) is 18.2 Å². The van der Waals surface area contributed by atoms with Crippen molar-refractivity contribution in [1.82, 2.24) is 5.32 Å². The Morgan fingerprint density at radius 1 is 1.29 bits per heavy atom. The zero-order chi connectivity index (χ0) is 15.7. The molecule has 0 aromatic heterocycles. The number of carboxylic acids is 1. The lowest BCUT2D eigenvalue weighted by Gasteiger charge is -2.09. The molecular formula is C13H16N2O6. The Hall–Kier alpha value is -2.77. The molecule has 114 valence electrons. The van der Waals surface area contributed by atoms with Gasteiger partial charge in [0.2, 0.25) is 0 Å². The predicted molar refractivity (Wildman–Crippen MR) is 73.2 cm³/mol. The lowest BCUT2D eigenvalue weighted by molar-refractivity contribution is -0.140. The number of nitrogens with one attached hydrogen (secondary N) is 2. The minimum atomic E-state index is -1.09. The minimum Gasteiger partial charge on any atom is -0.482 e. The first-order valence-corrected chi connectivity index (χ1v) is 6.07. The fourth-order valence-electron chi connectivity index (χ4n) is 1.36. The third-order valence-electron chi connectivity index (χ3n) is 2.30. The molecule has 3 N–H and O–H groups in total. The highest BCUT2D eigenvalue weighted by molar-refractivity contribution is 5.89. The van der Waals surface area contributed by atoms with Gasteiger partial charge in [0.15, 0.2) is 6.61 Å². The van der Waals surface area contributed by atoms with Crippen LogP contribution in [-0.4, -0.2) is 43.3 Å². The lowest BCUT2D eigenvalue weighted by atomic mass is 10.3. The molecule has 1 rings (SSSR count). The third kappa shape index (κ3) is 6.81. The monoisotopic (exact) mass is 296 g/mol. The van der Waals surface area contributed by atoms with Gasteiger partial charge in [-0.25, -0.2) is 9.59 Å². The summed E-state index contributed by atoms with van der Waals surface area (Å²) in [5.74, 6) is -1.18. The summed E-state index contributed by atoms with van der Waals surface area (Å²) in [4.78, 5) is 32.8. The highest BCUT2D eigenvalue weighted by atomic mass is 16.5. The summed E-state index contributed by atoms with van der Waals surface area (Å²) in [7, 11) is 1.27. The van der Waals surface area contributed by atoms with Crippen molar-refractivity contribution in [3.63, 3.8) is 0 Å². The molecule has 0 unspecified atom stereocenters. The SMILES string of the molecule is COC(=O)CCNC(=O)Nc1cccc(OCC(=O)O)c1. The average Bonchev–Trinajstić information content (AvgIpc) is 2.45. The zero-order valence-electron chi connectivity index (χ0n) is 11.4. The zero-order valence-corrected chi connectivity index (χ0v) is 11.4. The Morgan fingerprint density at radius 3 is 2.71 bits per heavy atom. The summed E-state index contributed by atoms with van der Waals surface area (Å²) in [6.07, 6.45) is 0.0751. The standard InChI is InChI=1S/C13H16N2O6/c1-20-12(18)5-6-14-13(19)15-9-3-2-4-10(7-9)21-8-11(16)17/h2-4,7H,5-6,8H2,1H3,(H,16,17)(H2,14,15,19). The molecule has 8 heteroatoms. The number of anilines is 1. The van der Waals surface area contributed by atoms with Crippen LogP contribution in [0.3, 0.4) is 0 Å². The van der Waals surface area contributed by atoms with Gasteiger partial charge >= 0.3 is 18.0 Å². The maximum absolute atomic E-state index is 11.6. The van der Waals surface area contributed by atoms with Crippen LogP contribution in [0.2, 0.25) is 0 Å². The van der Waals surface area contributed by atoms with E-state index in [1.165, 1.54) is 13.2 Å². The summed E-state index contributed by atoms with van der Waals surface area (Å²) in [5.41, 5.74) is 0.438. The predicted octanol–water partition coefficient (Wildman–Crippen LogP) is 0.835. The molecule has 0 aliphatic rings. The number of hydrogen-bond acceptors (Lipinski definition) is 5. The molecule has 21 heavy (non-hydrogen) atoms. The van der Waals surface area contributed by atoms with Gasteiger partial charge in [-0.3, -0.25) is 4.79 Å². The molecule has 0 fully saturated rings. The maximum Gasteiger partial charge on any atom is 0.341 e. The maximum atomic E-state index is 11.6. The Balaban J connectivity index is 2.43. The molecule has 0 heterocycles. The molecule has 0 atom stereocenters. The van der Waals surface area contributed by atoms with Gasteiger partial charge in [-0.05, 0) is 12.1 Å². The van der Waals surface area contributed by atoms with Gasteiger partial charge in [-0.2, -0.15) is 0 Å². The summed E-state index contributed by atoms with van der Waals surface area (Å²) in [6, 6.07) is 5.80. The van der Waals surface area contributed by atoms with Crippen molar-refractivity contribution >= 4 is 23.7 Å². The van der Waals surface area contributed by atoms with Crippen LogP contribution in [0, 0.1) is 0 Å². The number of hydrogen-bond donors (Lipinski definition) is 3. The van der Waals surface area contributed by atoms with E-state index >= 15 is 0 Å². The van der Waals surface area contributed by atoms with Crippen molar-refractivity contribution in [1.29, 1.82) is 0 Å². The van der Waals surface area contributed by atoms with E-state index < -0.39 is 24.6 Å². The van der Waals surface area contributed by atoms with Crippen LogP contribution in [0.1, 0.15) is 6.42 Å². The van der Waals surface area contributed by atoms with E-state index in [-0.39, 0.29) is 13.0 Å². The number of rotatable bonds is 7. The highest BCUT2D eigenvalue weighted by Gasteiger charge is 2.05. The Bertz CT molecular complexity index is 517. The van der Waals surface area contributed by atoms with Crippen LogP contribution in [0.5, 0.6) is 5.75 Å². The molecular weight excluding hydrogens is 280 g/mol. The van der Waals surface area contributed by atoms with Crippen molar-refractivity contribution in [2.75, 3.05) is 25.6 Å². The van der Waals surface area contributed by atoms with Gasteiger partial charge in [0.05, 0.1) is 13.5 Å². The molecule has 2 amide bonds. The Morgan fingerprint density at radius 2 is 2.05 bits per heavy atom. The number of carbonyl (C=O) groups is 3. The highest BCUT2D eigenvalue weighted by Crippen LogP contribution is 2.17. The van der Waals surface area contributed by atoms with Crippen LogP contribution >= 0.6 is 0 Å². The van der Waals surface area contributed by atoms with Gasteiger partial charge in [0.25, 0.3) is 0 Å². The van der Waals surface area contributed by atoms with Crippen LogP contribution in [-0.2, 0) is 14.3 Å². The number of urea groups is 1.